The standard InChI is InChI=1S/C12H18BrNS/c1-2-11(9-3-4-9)14-8-7-10-5-6-12(13)15-10/h5-6,9,11,14H,2-4,7-8H2,1H3. The third kappa shape index (κ3) is 3.58. The number of thiophene rings is 1. The lowest BCUT2D eigenvalue weighted by Gasteiger charge is -2.15. The van der Waals surface area contributed by atoms with Crippen LogP contribution in [0.2, 0.25) is 0 Å². The summed E-state index contributed by atoms with van der Waals surface area (Å²) in [4.78, 5) is 1.47. The summed E-state index contributed by atoms with van der Waals surface area (Å²) >= 11 is 5.35. The zero-order chi connectivity index (χ0) is 10.7. The molecule has 1 unspecified atom stereocenters. The van der Waals surface area contributed by atoms with E-state index in [1.807, 2.05) is 11.3 Å². The van der Waals surface area contributed by atoms with Gasteiger partial charge in [-0.15, -0.1) is 11.3 Å². The Morgan fingerprint density at radius 1 is 1.53 bits per heavy atom. The second-order valence-corrected chi connectivity index (χ2v) is 6.81. The molecule has 1 fully saturated rings. The van der Waals surface area contributed by atoms with Crippen molar-refractivity contribution in [1.82, 2.24) is 5.32 Å². The maximum absolute atomic E-state index is 3.68. The monoisotopic (exact) mass is 287 g/mol. The molecule has 0 aliphatic heterocycles. The molecule has 84 valence electrons. The Kier molecular flexibility index (Phi) is 4.23. The van der Waals surface area contributed by atoms with E-state index < -0.39 is 0 Å². The van der Waals surface area contributed by atoms with Gasteiger partial charge in [0.05, 0.1) is 3.79 Å². The van der Waals surface area contributed by atoms with Crippen molar-refractivity contribution in [3.05, 3.63) is 20.8 Å². The molecule has 0 spiro atoms. The highest BCUT2D eigenvalue weighted by atomic mass is 79.9. The molecule has 1 aliphatic carbocycles. The molecule has 1 N–H and O–H groups in total. The van der Waals surface area contributed by atoms with Gasteiger partial charge >= 0.3 is 0 Å². The lowest BCUT2D eigenvalue weighted by Crippen LogP contribution is -2.31. The lowest BCUT2D eigenvalue weighted by molar-refractivity contribution is 0.454. The molecular weight excluding hydrogens is 270 g/mol. The van der Waals surface area contributed by atoms with E-state index in [4.69, 9.17) is 0 Å². The molecule has 1 heterocycles. The highest BCUT2D eigenvalue weighted by Crippen LogP contribution is 2.33. The summed E-state index contributed by atoms with van der Waals surface area (Å²) in [6.07, 6.45) is 5.32. The Labute approximate surface area is 104 Å². The zero-order valence-electron chi connectivity index (χ0n) is 9.13. The highest BCUT2D eigenvalue weighted by molar-refractivity contribution is 9.11. The van der Waals surface area contributed by atoms with Crippen LogP contribution < -0.4 is 5.32 Å². The molecule has 0 radical (unpaired) electrons. The Morgan fingerprint density at radius 3 is 2.87 bits per heavy atom. The quantitative estimate of drug-likeness (QED) is 0.839. The average molecular weight is 288 g/mol. The third-order valence-corrected chi connectivity index (χ3v) is 4.72. The maximum atomic E-state index is 3.68. The van der Waals surface area contributed by atoms with E-state index in [1.165, 1.54) is 34.3 Å². The maximum Gasteiger partial charge on any atom is 0.0701 e. The largest absolute Gasteiger partial charge is 0.313 e. The predicted molar refractivity (Wildman–Crippen MR) is 70.5 cm³/mol. The van der Waals surface area contributed by atoms with Crippen LogP contribution in [0, 0.1) is 5.92 Å². The molecular formula is C12H18BrNS. The number of hydrogen-bond donors (Lipinski definition) is 1. The summed E-state index contributed by atoms with van der Waals surface area (Å²) in [5, 5.41) is 3.68. The van der Waals surface area contributed by atoms with Crippen LogP contribution in [-0.4, -0.2) is 12.6 Å². The first-order valence-corrected chi connectivity index (χ1v) is 7.38. The Bertz CT molecular complexity index is 306. The molecule has 1 aliphatic rings. The van der Waals surface area contributed by atoms with Crippen molar-refractivity contribution >= 4 is 27.3 Å². The molecule has 2 rings (SSSR count). The first-order valence-electron chi connectivity index (χ1n) is 5.77. The second kappa shape index (κ2) is 5.46. The van der Waals surface area contributed by atoms with Crippen molar-refractivity contribution in [2.75, 3.05) is 6.54 Å². The third-order valence-electron chi connectivity index (χ3n) is 3.04. The van der Waals surface area contributed by atoms with Crippen molar-refractivity contribution < 1.29 is 0 Å². The fraction of sp³-hybridized carbons (Fsp3) is 0.667. The Morgan fingerprint density at radius 2 is 2.33 bits per heavy atom. The number of halogens is 1. The van der Waals surface area contributed by atoms with Gasteiger partial charge in [-0.2, -0.15) is 0 Å². The first kappa shape index (κ1) is 11.6. The molecule has 1 aromatic heterocycles. The van der Waals surface area contributed by atoms with Crippen LogP contribution in [0.5, 0.6) is 0 Å². The lowest BCUT2D eigenvalue weighted by atomic mass is 10.1. The molecule has 1 saturated carbocycles. The fourth-order valence-electron chi connectivity index (χ4n) is 2.01. The van der Waals surface area contributed by atoms with Gasteiger partial charge in [-0.25, -0.2) is 0 Å². The van der Waals surface area contributed by atoms with E-state index in [0.717, 1.165) is 18.5 Å². The first-order chi connectivity index (χ1) is 7.29. The van der Waals surface area contributed by atoms with Crippen LogP contribution in [0.1, 0.15) is 31.1 Å². The van der Waals surface area contributed by atoms with Crippen molar-refractivity contribution in [3.63, 3.8) is 0 Å². The molecule has 1 nitrogen and oxygen atoms in total. The summed E-state index contributed by atoms with van der Waals surface area (Å²) in [5.41, 5.74) is 0. The van der Waals surface area contributed by atoms with Gasteiger partial charge in [0.1, 0.15) is 0 Å². The van der Waals surface area contributed by atoms with E-state index >= 15 is 0 Å². The second-order valence-electron chi connectivity index (χ2n) is 4.26. The molecule has 3 heteroatoms. The SMILES string of the molecule is CCC(NCCc1ccc(Br)s1)C1CC1. The van der Waals surface area contributed by atoms with Gasteiger partial charge in [0.25, 0.3) is 0 Å². The van der Waals surface area contributed by atoms with E-state index in [2.05, 4.69) is 40.3 Å². The molecule has 0 amide bonds. The summed E-state index contributed by atoms with van der Waals surface area (Å²) in [6, 6.07) is 5.13. The van der Waals surface area contributed by atoms with Crippen molar-refractivity contribution in [1.29, 1.82) is 0 Å². The smallest absolute Gasteiger partial charge is 0.0701 e. The van der Waals surface area contributed by atoms with Gasteiger partial charge in [-0.05, 0) is 59.7 Å². The molecule has 1 aromatic rings. The van der Waals surface area contributed by atoms with Crippen LogP contribution in [0.3, 0.4) is 0 Å². The fourth-order valence-corrected chi connectivity index (χ4v) is 3.49. The van der Waals surface area contributed by atoms with Gasteiger partial charge < -0.3 is 5.32 Å². The minimum atomic E-state index is 0.772. The summed E-state index contributed by atoms with van der Waals surface area (Å²) in [7, 11) is 0. The van der Waals surface area contributed by atoms with Gasteiger partial charge in [-0.1, -0.05) is 6.92 Å². The van der Waals surface area contributed by atoms with E-state index in [0.29, 0.717) is 0 Å². The summed E-state index contributed by atoms with van der Waals surface area (Å²) in [5.74, 6) is 0.977. The number of nitrogens with one attached hydrogen (secondary N) is 1. The molecule has 1 atom stereocenters. The molecule has 0 saturated heterocycles. The van der Waals surface area contributed by atoms with Crippen LogP contribution in [0.15, 0.2) is 15.9 Å². The van der Waals surface area contributed by atoms with Crippen LogP contribution in [0.25, 0.3) is 0 Å². The van der Waals surface area contributed by atoms with Gasteiger partial charge in [-0.3, -0.25) is 0 Å². The predicted octanol–water partition coefficient (Wildman–Crippen LogP) is 3.83. The van der Waals surface area contributed by atoms with Gasteiger partial charge in [0.15, 0.2) is 0 Å². The molecule has 15 heavy (non-hydrogen) atoms. The average Bonchev–Trinajstić information content (AvgIpc) is 2.98. The van der Waals surface area contributed by atoms with Crippen LogP contribution in [0.4, 0.5) is 0 Å². The van der Waals surface area contributed by atoms with Crippen LogP contribution in [-0.2, 0) is 6.42 Å². The van der Waals surface area contributed by atoms with E-state index in [9.17, 15) is 0 Å². The van der Waals surface area contributed by atoms with E-state index in [-0.39, 0.29) is 0 Å². The summed E-state index contributed by atoms with van der Waals surface area (Å²) < 4.78 is 1.24. The zero-order valence-corrected chi connectivity index (χ0v) is 11.5. The summed E-state index contributed by atoms with van der Waals surface area (Å²) in [6.45, 7) is 3.42. The normalized spacial score (nSPS) is 18.0. The van der Waals surface area contributed by atoms with Crippen molar-refractivity contribution in [3.8, 4) is 0 Å². The minimum absolute atomic E-state index is 0.772. The minimum Gasteiger partial charge on any atom is -0.313 e. The molecule has 0 aromatic carbocycles. The van der Waals surface area contributed by atoms with Gasteiger partial charge in [0, 0.05) is 17.5 Å². The Hall–Kier alpha value is 0.140. The van der Waals surface area contributed by atoms with Crippen molar-refractivity contribution in [2.45, 2.75) is 38.6 Å². The van der Waals surface area contributed by atoms with E-state index in [1.54, 1.807) is 0 Å². The number of hydrogen-bond acceptors (Lipinski definition) is 2. The topological polar surface area (TPSA) is 12.0 Å². The Balaban J connectivity index is 1.69. The van der Waals surface area contributed by atoms with Crippen LogP contribution >= 0.6 is 27.3 Å². The highest BCUT2D eigenvalue weighted by Gasteiger charge is 2.29. The van der Waals surface area contributed by atoms with Gasteiger partial charge in [0.2, 0.25) is 0 Å². The molecule has 0 bridgehead atoms. The number of rotatable bonds is 6. The van der Waals surface area contributed by atoms with Crippen molar-refractivity contribution in [2.24, 2.45) is 5.92 Å².